The normalized spacial score (nSPS) is 14.0. The van der Waals surface area contributed by atoms with Crippen molar-refractivity contribution in [1.29, 1.82) is 0 Å². The van der Waals surface area contributed by atoms with E-state index in [4.69, 9.17) is 4.98 Å². The van der Waals surface area contributed by atoms with Crippen molar-refractivity contribution in [2.45, 2.75) is 12.5 Å². The summed E-state index contributed by atoms with van der Waals surface area (Å²) in [4.78, 5) is 7.63. The minimum atomic E-state index is 0.177. The highest BCUT2D eigenvalue weighted by Crippen LogP contribution is 2.39. The van der Waals surface area contributed by atoms with Crippen molar-refractivity contribution in [3.8, 4) is 39.3 Å². The largest absolute Gasteiger partial charge is 0.334 e. The van der Waals surface area contributed by atoms with Crippen LogP contribution in [0.4, 0.5) is 11.4 Å². The first-order chi connectivity index (χ1) is 26.3. The second-order valence-corrected chi connectivity index (χ2v) is 13.6. The third-order valence-electron chi connectivity index (χ3n) is 10.4. The van der Waals surface area contributed by atoms with Crippen LogP contribution in [0.15, 0.2) is 200 Å². The number of anilines is 2. The fourth-order valence-corrected chi connectivity index (χ4v) is 7.99. The van der Waals surface area contributed by atoms with E-state index in [-0.39, 0.29) is 6.04 Å². The molecule has 0 aliphatic heterocycles. The first-order valence-corrected chi connectivity index (χ1v) is 18.2. The van der Waals surface area contributed by atoms with E-state index in [1.54, 1.807) is 0 Å². The minimum absolute atomic E-state index is 0.177. The molecule has 6 aromatic carbocycles. The average molecular weight is 681 g/mol. The molecule has 0 bridgehead atoms. The molecule has 252 valence electrons. The number of nitrogens with zero attached hydrogens (tertiary/aromatic N) is 4. The summed E-state index contributed by atoms with van der Waals surface area (Å²) in [6, 6.07) is 61.1. The number of aromatic nitrogens is 3. The van der Waals surface area contributed by atoms with Gasteiger partial charge in [-0.3, -0.25) is 4.40 Å². The first-order valence-electron chi connectivity index (χ1n) is 18.2. The molecule has 0 saturated heterocycles. The van der Waals surface area contributed by atoms with E-state index < -0.39 is 0 Å². The summed E-state index contributed by atoms with van der Waals surface area (Å²) in [6.07, 6.45) is 11.9. The summed E-state index contributed by atoms with van der Waals surface area (Å²) in [5.41, 5.74) is 13.5. The fourth-order valence-electron chi connectivity index (χ4n) is 7.99. The van der Waals surface area contributed by atoms with Gasteiger partial charge in [0.15, 0.2) is 0 Å². The van der Waals surface area contributed by atoms with Gasteiger partial charge < -0.3 is 9.47 Å². The van der Waals surface area contributed by atoms with Gasteiger partial charge in [0.05, 0.1) is 28.5 Å². The lowest BCUT2D eigenvalue weighted by Crippen LogP contribution is -2.29. The number of benzene rings is 6. The standard InChI is InChI=1S/C49H36N4/c1-4-15-36(16-5-1)49-48(50-47-25-12-13-32-51(47)49)38-17-14-22-42(33-38)52(39-18-6-2-7-19-39)41-29-26-35(27-30-41)37-28-31-46-44(34-37)43-23-10-11-24-45(43)53(46)40-20-8-3-9-21-40/h1-18,20-34,39H,19H2. The quantitative estimate of drug-likeness (QED) is 0.167. The number of fused-ring (bicyclic) bond motifs is 4. The molecule has 0 radical (unpaired) electrons. The molecule has 10 rings (SSSR count). The average Bonchev–Trinajstić information content (AvgIpc) is 3.79. The molecular weight excluding hydrogens is 645 g/mol. The van der Waals surface area contributed by atoms with Gasteiger partial charge in [-0.25, -0.2) is 4.98 Å². The van der Waals surface area contributed by atoms with Gasteiger partial charge in [-0.2, -0.15) is 0 Å². The van der Waals surface area contributed by atoms with Gasteiger partial charge in [-0.1, -0.05) is 127 Å². The number of pyridine rings is 1. The Labute approximate surface area is 308 Å². The lowest BCUT2D eigenvalue weighted by atomic mass is 10.00. The summed E-state index contributed by atoms with van der Waals surface area (Å²) in [7, 11) is 0. The van der Waals surface area contributed by atoms with Crippen LogP contribution in [-0.2, 0) is 0 Å². The van der Waals surface area contributed by atoms with E-state index in [1.165, 1.54) is 38.6 Å². The number of imidazole rings is 1. The Morgan fingerprint density at radius 3 is 2.09 bits per heavy atom. The van der Waals surface area contributed by atoms with Crippen LogP contribution in [0.3, 0.4) is 0 Å². The number of hydrogen-bond acceptors (Lipinski definition) is 2. The van der Waals surface area contributed by atoms with Crippen molar-refractivity contribution < 1.29 is 0 Å². The van der Waals surface area contributed by atoms with Crippen LogP contribution < -0.4 is 4.90 Å². The van der Waals surface area contributed by atoms with E-state index in [9.17, 15) is 0 Å². The third-order valence-corrected chi connectivity index (χ3v) is 10.4. The zero-order valence-electron chi connectivity index (χ0n) is 29.1. The zero-order chi connectivity index (χ0) is 35.1. The van der Waals surface area contributed by atoms with Crippen molar-refractivity contribution >= 4 is 38.8 Å². The molecule has 0 saturated carbocycles. The van der Waals surface area contributed by atoms with E-state index in [1.807, 2.05) is 6.07 Å². The maximum atomic E-state index is 5.17. The van der Waals surface area contributed by atoms with Crippen molar-refractivity contribution in [1.82, 2.24) is 14.0 Å². The second kappa shape index (κ2) is 13.0. The van der Waals surface area contributed by atoms with Gasteiger partial charge >= 0.3 is 0 Å². The molecule has 4 heteroatoms. The van der Waals surface area contributed by atoms with Crippen molar-refractivity contribution in [3.63, 3.8) is 0 Å². The van der Waals surface area contributed by atoms with E-state index in [0.717, 1.165) is 46.0 Å². The first kappa shape index (κ1) is 30.9. The molecule has 1 atom stereocenters. The fraction of sp³-hybridized carbons (Fsp3) is 0.0408. The highest BCUT2D eigenvalue weighted by Gasteiger charge is 2.22. The van der Waals surface area contributed by atoms with Crippen LogP contribution in [0.2, 0.25) is 0 Å². The number of rotatable bonds is 7. The molecule has 0 N–H and O–H groups in total. The van der Waals surface area contributed by atoms with Crippen LogP contribution in [0.5, 0.6) is 0 Å². The van der Waals surface area contributed by atoms with Crippen LogP contribution >= 0.6 is 0 Å². The van der Waals surface area contributed by atoms with Crippen molar-refractivity contribution in [2.24, 2.45) is 0 Å². The predicted octanol–water partition coefficient (Wildman–Crippen LogP) is 12.5. The molecule has 9 aromatic rings. The topological polar surface area (TPSA) is 25.5 Å². The molecule has 1 unspecified atom stereocenters. The highest BCUT2D eigenvalue weighted by molar-refractivity contribution is 6.10. The molecule has 0 amide bonds. The summed E-state index contributed by atoms with van der Waals surface area (Å²) in [5, 5.41) is 2.51. The third kappa shape index (κ3) is 5.44. The Morgan fingerprint density at radius 1 is 0.528 bits per heavy atom. The molecule has 3 aromatic heterocycles. The minimum Gasteiger partial charge on any atom is -0.334 e. The summed E-state index contributed by atoms with van der Waals surface area (Å²) >= 11 is 0. The molecule has 0 spiro atoms. The van der Waals surface area contributed by atoms with Gasteiger partial charge in [0.1, 0.15) is 5.65 Å². The molecule has 1 aliphatic carbocycles. The van der Waals surface area contributed by atoms with Gasteiger partial charge in [-0.15, -0.1) is 0 Å². The number of hydrogen-bond donors (Lipinski definition) is 0. The molecule has 53 heavy (non-hydrogen) atoms. The molecule has 0 fully saturated rings. The smallest absolute Gasteiger partial charge is 0.137 e. The van der Waals surface area contributed by atoms with Crippen molar-refractivity contribution in [2.75, 3.05) is 4.90 Å². The molecule has 4 nitrogen and oxygen atoms in total. The predicted molar refractivity (Wildman–Crippen MR) is 221 cm³/mol. The zero-order valence-corrected chi connectivity index (χ0v) is 29.1. The van der Waals surface area contributed by atoms with Crippen LogP contribution in [0.25, 0.3) is 66.8 Å². The van der Waals surface area contributed by atoms with Crippen LogP contribution in [-0.4, -0.2) is 20.0 Å². The highest BCUT2D eigenvalue weighted by atomic mass is 15.2. The Balaban J connectivity index is 1.05. The monoisotopic (exact) mass is 680 g/mol. The molecule has 3 heterocycles. The van der Waals surface area contributed by atoms with E-state index in [2.05, 4.69) is 208 Å². The maximum absolute atomic E-state index is 5.17. The summed E-state index contributed by atoms with van der Waals surface area (Å²) in [6.45, 7) is 0. The Kier molecular flexibility index (Phi) is 7.58. The lowest BCUT2D eigenvalue weighted by Gasteiger charge is -2.33. The van der Waals surface area contributed by atoms with Gasteiger partial charge in [-0.05, 0) is 84.3 Å². The van der Waals surface area contributed by atoms with Crippen LogP contribution in [0.1, 0.15) is 6.42 Å². The lowest BCUT2D eigenvalue weighted by molar-refractivity contribution is 0.785. The molecule has 1 aliphatic rings. The second-order valence-electron chi connectivity index (χ2n) is 13.6. The Bertz CT molecular complexity index is 2810. The Hall–Kier alpha value is -6.91. The number of allylic oxidation sites excluding steroid dienone is 2. The Morgan fingerprint density at radius 2 is 1.26 bits per heavy atom. The molecular formula is C49H36N4. The van der Waals surface area contributed by atoms with Gasteiger partial charge in [0, 0.05) is 45.2 Å². The van der Waals surface area contributed by atoms with E-state index in [0.29, 0.717) is 0 Å². The van der Waals surface area contributed by atoms with Gasteiger partial charge in [0.25, 0.3) is 0 Å². The SMILES string of the molecule is C1=CCC(N(c2ccc(-c3ccc4c(c3)c3ccccc3n4-c3ccccc3)cc2)c2cccc(-c3nc4ccccn4c3-c3ccccc3)c2)C=C1. The summed E-state index contributed by atoms with van der Waals surface area (Å²) in [5.74, 6) is 0. The van der Waals surface area contributed by atoms with Crippen molar-refractivity contribution in [3.05, 3.63) is 200 Å². The summed E-state index contributed by atoms with van der Waals surface area (Å²) < 4.78 is 4.56. The van der Waals surface area contributed by atoms with E-state index >= 15 is 0 Å². The number of para-hydroxylation sites is 2. The van der Waals surface area contributed by atoms with Gasteiger partial charge in [0.2, 0.25) is 0 Å². The maximum Gasteiger partial charge on any atom is 0.137 e. The van der Waals surface area contributed by atoms with Crippen LogP contribution in [0, 0.1) is 0 Å².